The molecule has 0 bridgehead atoms. The molecule has 9 nitrogen and oxygen atoms in total. The number of benzene rings is 1. The molecule has 1 saturated carbocycles. The van der Waals surface area contributed by atoms with Gasteiger partial charge in [0.15, 0.2) is 0 Å². The molecule has 2 aliphatic rings. The number of fused-ring (bicyclic) bond motifs is 1. The lowest BCUT2D eigenvalue weighted by Crippen LogP contribution is -2.36. The predicted octanol–water partition coefficient (Wildman–Crippen LogP) is 4.05. The van der Waals surface area contributed by atoms with E-state index in [0.717, 1.165) is 91.5 Å². The van der Waals surface area contributed by atoms with E-state index in [4.69, 9.17) is 9.47 Å². The number of pyridine rings is 1. The van der Waals surface area contributed by atoms with Gasteiger partial charge in [0.2, 0.25) is 0 Å². The number of aromatic nitrogens is 5. The van der Waals surface area contributed by atoms with E-state index in [1.54, 1.807) is 18.6 Å². The average Bonchev–Trinajstić information content (AvgIpc) is 3.46. The summed E-state index contributed by atoms with van der Waals surface area (Å²) in [4.78, 5) is 16.0. The Morgan fingerprint density at radius 1 is 0.943 bits per heavy atom. The summed E-state index contributed by atoms with van der Waals surface area (Å²) in [7, 11) is 0. The van der Waals surface area contributed by atoms with Gasteiger partial charge in [-0.2, -0.15) is 5.10 Å². The molecule has 4 heterocycles. The van der Waals surface area contributed by atoms with E-state index in [9.17, 15) is 0 Å². The molecule has 0 amide bonds. The van der Waals surface area contributed by atoms with Gasteiger partial charge >= 0.3 is 0 Å². The Balaban J connectivity index is 1.10. The minimum atomic E-state index is 0.161. The summed E-state index contributed by atoms with van der Waals surface area (Å²) < 4.78 is 12.1. The van der Waals surface area contributed by atoms with Crippen LogP contribution in [0, 0.1) is 0 Å². The van der Waals surface area contributed by atoms with Crippen molar-refractivity contribution in [2.45, 2.75) is 37.8 Å². The van der Waals surface area contributed by atoms with E-state index in [2.05, 4.69) is 53.6 Å². The van der Waals surface area contributed by atoms with Gasteiger partial charge in [-0.25, -0.2) is 9.97 Å². The van der Waals surface area contributed by atoms with Gasteiger partial charge in [0, 0.05) is 61.2 Å². The maximum Gasteiger partial charge on any atom is 0.149 e. The number of hydrogen-bond acceptors (Lipinski definition) is 8. The summed E-state index contributed by atoms with van der Waals surface area (Å²) >= 11 is 0. The van der Waals surface area contributed by atoms with Gasteiger partial charge in [0.05, 0.1) is 30.5 Å². The molecule has 0 atom stereocenters. The second-order valence-corrected chi connectivity index (χ2v) is 9.11. The zero-order valence-corrected chi connectivity index (χ0v) is 19.6. The normalized spacial score (nSPS) is 20.6. The van der Waals surface area contributed by atoms with E-state index in [1.165, 1.54) is 0 Å². The van der Waals surface area contributed by atoms with Crippen molar-refractivity contribution >= 4 is 22.5 Å². The monoisotopic (exact) mass is 471 g/mol. The highest BCUT2D eigenvalue weighted by Crippen LogP contribution is 2.33. The molecule has 9 heteroatoms. The van der Waals surface area contributed by atoms with Crippen LogP contribution in [-0.4, -0.2) is 63.6 Å². The lowest BCUT2D eigenvalue weighted by molar-refractivity contribution is 0.122. The molecule has 0 spiro atoms. The maximum atomic E-state index is 6.54. The van der Waals surface area contributed by atoms with Crippen LogP contribution in [0.1, 0.15) is 25.7 Å². The highest BCUT2D eigenvalue weighted by molar-refractivity contribution is 5.85. The molecule has 1 aromatic carbocycles. The van der Waals surface area contributed by atoms with Gasteiger partial charge < -0.3 is 19.7 Å². The molecule has 35 heavy (non-hydrogen) atoms. The molecule has 4 aromatic rings. The first-order chi connectivity index (χ1) is 17.3. The molecular formula is C26H29N7O2. The van der Waals surface area contributed by atoms with Crippen LogP contribution in [0.4, 0.5) is 11.5 Å². The number of anilines is 2. The Bertz CT molecular complexity index is 1250. The van der Waals surface area contributed by atoms with Crippen LogP contribution in [0.15, 0.2) is 55.1 Å². The number of nitrogens with zero attached hydrogens (tertiary/aromatic N) is 5. The number of morpholine rings is 1. The first kappa shape index (κ1) is 21.8. The quantitative estimate of drug-likeness (QED) is 0.434. The van der Waals surface area contributed by atoms with Gasteiger partial charge in [-0.15, -0.1) is 0 Å². The van der Waals surface area contributed by atoms with Crippen molar-refractivity contribution in [3.8, 4) is 17.0 Å². The highest BCUT2D eigenvalue weighted by atomic mass is 16.5. The summed E-state index contributed by atoms with van der Waals surface area (Å²) in [5, 5.41) is 10.6. The SMILES string of the molecule is c1cc(-c2ccc(NC3CCC(Oc4cc(N5CCOCC5)cc5nccnc45)CC3)nc2)[nH]n1. The summed E-state index contributed by atoms with van der Waals surface area (Å²) in [5.41, 5.74) is 4.81. The molecule has 0 radical (unpaired) electrons. The Hall–Kier alpha value is -3.72. The van der Waals surface area contributed by atoms with Crippen molar-refractivity contribution in [1.29, 1.82) is 0 Å². The zero-order valence-electron chi connectivity index (χ0n) is 19.6. The Morgan fingerprint density at radius 2 is 1.80 bits per heavy atom. The molecule has 1 aliphatic carbocycles. The minimum absolute atomic E-state index is 0.161. The third kappa shape index (κ3) is 4.90. The second-order valence-electron chi connectivity index (χ2n) is 9.11. The van der Waals surface area contributed by atoms with Gasteiger partial charge in [0.1, 0.15) is 17.1 Å². The fourth-order valence-corrected chi connectivity index (χ4v) is 4.89. The molecule has 1 aliphatic heterocycles. The van der Waals surface area contributed by atoms with Gasteiger partial charge in [-0.1, -0.05) is 0 Å². The molecule has 1 saturated heterocycles. The zero-order chi connectivity index (χ0) is 23.5. The van der Waals surface area contributed by atoms with Crippen molar-refractivity contribution in [2.24, 2.45) is 0 Å². The summed E-state index contributed by atoms with van der Waals surface area (Å²) in [5.74, 6) is 1.72. The third-order valence-electron chi connectivity index (χ3n) is 6.79. The Labute approximate surface area is 203 Å². The lowest BCUT2D eigenvalue weighted by atomic mass is 9.93. The number of hydrogen-bond donors (Lipinski definition) is 2. The maximum absolute atomic E-state index is 6.54. The van der Waals surface area contributed by atoms with Crippen LogP contribution in [-0.2, 0) is 4.74 Å². The molecular weight excluding hydrogens is 442 g/mol. The number of rotatable bonds is 6. The van der Waals surface area contributed by atoms with Crippen LogP contribution in [0.5, 0.6) is 5.75 Å². The van der Waals surface area contributed by atoms with Gasteiger partial charge in [0.25, 0.3) is 0 Å². The molecule has 2 fully saturated rings. The Morgan fingerprint density at radius 3 is 2.57 bits per heavy atom. The predicted molar refractivity (Wildman–Crippen MR) is 135 cm³/mol. The summed E-state index contributed by atoms with van der Waals surface area (Å²) in [6.45, 7) is 3.23. The van der Waals surface area contributed by atoms with Crippen LogP contribution < -0.4 is 15.0 Å². The average molecular weight is 472 g/mol. The third-order valence-corrected chi connectivity index (χ3v) is 6.79. The molecule has 0 unspecified atom stereocenters. The molecule has 180 valence electrons. The number of ether oxygens (including phenoxy) is 2. The topological polar surface area (TPSA) is 101 Å². The largest absolute Gasteiger partial charge is 0.488 e. The highest BCUT2D eigenvalue weighted by Gasteiger charge is 2.24. The Kier molecular flexibility index (Phi) is 6.15. The minimum Gasteiger partial charge on any atom is -0.488 e. The number of aromatic amines is 1. The van der Waals surface area contributed by atoms with Gasteiger partial charge in [-0.3, -0.25) is 10.1 Å². The summed E-state index contributed by atoms with van der Waals surface area (Å²) in [6, 6.07) is 10.6. The van der Waals surface area contributed by atoms with Crippen molar-refractivity contribution in [3.63, 3.8) is 0 Å². The van der Waals surface area contributed by atoms with Crippen LogP contribution >= 0.6 is 0 Å². The lowest BCUT2D eigenvalue weighted by Gasteiger charge is -2.31. The smallest absolute Gasteiger partial charge is 0.149 e. The van der Waals surface area contributed by atoms with E-state index in [-0.39, 0.29) is 6.10 Å². The van der Waals surface area contributed by atoms with Crippen LogP contribution in [0.2, 0.25) is 0 Å². The van der Waals surface area contributed by atoms with Crippen molar-refractivity contribution < 1.29 is 9.47 Å². The standard InChI is InChI=1S/C26H29N7O2/c1-6-25(29-17-18(1)22-7-8-30-32-22)31-19-2-4-21(5-3-19)35-24-16-20(33-11-13-34-14-12-33)15-23-26(24)28-10-9-27-23/h1,6-10,15-17,19,21H,2-5,11-14H2,(H,29,31)(H,30,32). The fraction of sp³-hybridized carbons (Fsp3) is 0.385. The number of H-pyrrole nitrogens is 1. The van der Waals surface area contributed by atoms with E-state index in [0.29, 0.717) is 6.04 Å². The first-order valence-corrected chi connectivity index (χ1v) is 12.3. The van der Waals surface area contributed by atoms with Crippen molar-refractivity contribution in [2.75, 3.05) is 36.5 Å². The van der Waals surface area contributed by atoms with Crippen LogP contribution in [0.3, 0.4) is 0 Å². The number of nitrogens with one attached hydrogen (secondary N) is 2. The van der Waals surface area contributed by atoms with E-state index in [1.807, 2.05) is 18.3 Å². The fourth-order valence-electron chi connectivity index (χ4n) is 4.89. The van der Waals surface area contributed by atoms with E-state index >= 15 is 0 Å². The molecule has 2 N–H and O–H groups in total. The van der Waals surface area contributed by atoms with Crippen molar-refractivity contribution in [3.05, 3.63) is 55.1 Å². The molecule has 6 rings (SSSR count). The first-order valence-electron chi connectivity index (χ1n) is 12.3. The van der Waals surface area contributed by atoms with Gasteiger partial charge in [-0.05, 0) is 49.9 Å². The van der Waals surface area contributed by atoms with Crippen LogP contribution in [0.25, 0.3) is 22.3 Å². The van der Waals surface area contributed by atoms with Crippen molar-refractivity contribution in [1.82, 2.24) is 25.1 Å². The van der Waals surface area contributed by atoms with E-state index < -0.39 is 0 Å². The molecule has 3 aromatic heterocycles. The second kappa shape index (κ2) is 9.87. The summed E-state index contributed by atoms with van der Waals surface area (Å²) in [6.07, 6.45) is 11.3.